The van der Waals surface area contributed by atoms with E-state index in [1.54, 1.807) is 25.8 Å². The summed E-state index contributed by atoms with van der Waals surface area (Å²) < 4.78 is 28.4. The van der Waals surface area contributed by atoms with Crippen LogP contribution in [0.4, 0.5) is 0 Å². The van der Waals surface area contributed by atoms with Gasteiger partial charge in [0.2, 0.25) is 0 Å². The summed E-state index contributed by atoms with van der Waals surface area (Å²) in [7, 11) is -1.41. The van der Waals surface area contributed by atoms with Gasteiger partial charge >= 0.3 is 0 Å². The Morgan fingerprint density at radius 1 is 1.38 bits per heavy atom. The van der Waals surface area contributed by atoms with E-state index in [-0.39, 0.29) is 17.7 Å². The molecule has 0 saturated carbocycles. The molecule has 2 aliphatic rings. The summed E-state index contributed by atoms with van der Waals surface area (Å²) in [6, 6.07) is 0.100. The first-order chi connectivity index (χ1) is 9.58. The Morgan fingerprint density at radius 2 is 2.00 bits per heavy atom. The monoisotopic (exact) mass is 318 g/mol. The van der Waals surface area contributed by atoms with Crippen molar-refractivity contribution >= 4 is 15.7 Å². The zero-order valence-corrected chi connectivity index (χ0v) is 14.3. The molecule has 6 nitrogen and oxygen atoms in total. The van der Waals surface area contributed by atoms with Crippen molar-refractivity contribution in [3.63, 3.8) is 0 Å². The van der Waals surface area contributed by atoms with Gasteiger partial charge in [-0.05, 0) is 27.7 Å². The lowest BCUT2D eigenvalue weighted by molar-refractivity contribution is -0.151. The maximum absolute atomic E-state index is 12.6. The van der Waals surface area contributed by atoms with E-state index >= 15 is 0 Å². The summed E-state index contributed by atoms with van der Waals surface area (Å²) in [5, 5.41) is 0. The van der Waals surface area contributed by atoms with Crippen LogP contribution in [0.3, 0.4) is 0 Å². The highest BCUT2D eigenvalue weighted by atomic mass is 32.2. The van der Waals surface area contributed by atoms with E-state index in [1.165, 1.54) is 0 Å². The predicted molar refractivity (Wildman–Crippen MR) is 80.9 cm³/mol. The minimum Gasteiger partial charge on any atom is -0.366 e. The Kier molecular flexibility index (Phi) is 4.39. The zero-order chi connectivity index (χ0) is 16.0. The molecular weight excluding hydrogens is 292 g/mol. The van der Waals surface area contributed by atoms with Crippen molar-refractivity contribution in [3.05, 3.63) is 0 Å². The molecule has 122 valence electrons. The normalized spacial score (nSPS) is 31.7. The molecule has 0 aromatic carbocycles. The number of carbonyl (C=O) groups excluding carboxylic acids is 1. The van der Waals surface area contributed by atoms with Crippen molar-refractivity contribution in [1.29, 1.82) is 0 Å². The highest BCUT2D eigenvalue weighted by Gasteiger charge is 2.56. The van der Waals surface area contributed by atoms with Gasteiger partial charge in [0.1, 0.15) is 6.10 Å². The lowest BCUT2D eigenvalue weighted by Crippen LogP contribution is -2.68. The van der Waals surface area contributed by atoms with Gasteiger partial charge in [-0.15, -0.1) is 0 Å². The number of likely N-dealkylation sites (N-methyl/N-ethyl adjacent to an activating group) is 1. The highest BCUT2D eigenvalue weighted by molar-refractivity contribution is 7.94. The van der Waals surface area contributed by atoms with E-state index in [0.29, 0.717) is 19.2 Å². The molecule has 7 heteroatoms. The quantitative estimate of drug-likeness (QED) is 0.740. The number of hydrogen-bond donors (Lipinski definition) is 0. The van der Waals surface area contributed by atoms with Crippen LogP contribution in [-0.2, 0) is 19.4 Å². The van der Waals surface area contributed by atoms with Gasteiger partial charge in [0.25, 0.3) is 5.91 Å². The Labute approximate surface area is 127 Å². The highest BCUT2D eigenvalue weighted by Crippen LogP contribution is 2.37. The SMILES string of the molecule is CC(C)N1CCOC(C(=O)N(C)C2CS(=O)(=O)C2(C)C)C1. The summed E-state index contributed by atoms with van der Waals surface area (Å²) in [5.41, 5.74) is 0. The van der Waals surface area contributed by atoms with Crippen molar-refractivity contribution in [2.75, 3.05) is 32.5 Å². The maximum Gasteiger partial charge on any atom is 0.253 e. The molecule has 2 unspecified atom stereocenters. The molecule has 0 spiro atoms. The summed E-state index contributed by atoms with van der Waals surface area (Å²) in [6.45, 7) is 9.49. The molecule has 21 heavy (non-hydrogen) atoms. The Morgan fingerprint density at radius 3 is 2.48 bits per heavy atom. The molecule has 2 heterocycles. The second kappa shape index (κ2) is 5.52. The van der Waals surface area contributed by atoms with E-state index in [0.717, 1.165) is 6.54 Å². The molecule has 2 atom stereocenters. The molecule has 1 amide bonds. The molecule has 2 saturated heterocycles. The van der Waals surface area contributed by atoms with Crippen LogP contribution in [0, 0.1) is 0 Å². The third kappa shape index (κ3) is 2.83. The van der Waals surface area contributed by atoms with Crippen molar-refractivity contribution in [2.45, 2.75) is 50.6 Å². The molecule has 0 N–H and O–H groups in total. The van der Waals surface area contributed by atoms with Crippen LogP contribution >= 0.6 is 0 Å². The first-order valence-electron chi connectivity index (χ1n) is 7.42. The van der Waals surface area contributed by atoms with E-state index < -0.39 is 20.7 Å². The summed E-state index contributed by atoms with van der Waals surface area (Å²) in [4.78, 5) is 16.4. The average Bonchev–Trinajstić information content (AvgIpc) is 2.43. The van der Waals surface area contributed by atoms with Gasteiger partial charge in [-0.25, -0.2) is 8.42 Å². The van der Waals surface area contributed by atoms with E-state index in [4.69, 9.17) is 4.74 Å². The lowest BCUT2D eigenvalue weighted by Gasteiger charge is -2.49. The van der Waals surface area contributed by atoms with Crippen molar-refractivity contribution in [2.24, 2.45) is 0 Å². The molecular formula is C14H26N2O4S. The van der Waals surface area contributed by atoms with Crippen molar-refractivity contribution < 1.29 is 17.9 Å². The van der Waals surface area contributed by atoms with E-state index in [2.05, 4.69) is 18.7 Å². The van der Waals surface area contributed by atoms with Gasteiger partial charge in [-0.1, -0.05) is 0 Å². The van der Waals surface area contributed by atoms with Crippen molar-refractivity contribution in [3.8, 4) is 0 Å². The second-order valence-corrected chi connectivity index (χ2v) is 9.41. The van der Waals surface area contributed by atoms with Crippen LogP contribution in [0.1, 0.15) is 27.7 Å². The fourth-order valence-corrected chi connectivity index (χ4v) is 4.82. The number of carbonyl (C=O) groups is 1. The topological polar surface area (TPSA) is 66.9 Å². The largest absolute Gasteiger partial charge is 0.366 e. The second-order valence-electron chi connectivity index (χ2n) is 6.80. The van der Waals surface area contributed by atoms with Crippen LogP contribution in [0.25, 0.3) is 0 Å². The maximum atomic E-state index is 12.6. The lowest BCUT2D eigenvalue weighted by atomic mass is 10.0. The fraction of sp³-hybridized carbons (Fsp3) is 0.929. The van der Waals surface area contributed by atoms with Crippen LogP contribution in [0.15, 0.2) is 0 Å². The number of nitrogens with zero attached hydrogens (tertiary/aromatic N) is 2. The molecule has 0 bridgehead atoms. The summed E-state index contributed by atoms with van der Waals surface area (Å²) >= 11 is 0. The Balaban J connectivity index is 2.04. The van der Waals surface area contributed by atoms with Crippen LogP contribution < -0.4 is 0 Å². The van der Waals surface area contributed by atoms with Gasteiger partial charge in [-0.3, -0.25) is 9.69 Å². The van der Waals surface area contributed by atoms with Crippen molar-refractivity contribution in [1.82, 2.24) is 9.80 Å². The predicted octanol–water partition coefficient (Wildman–Crippen LogP) is 0.130. The summed E-state index contributed by atoms with van der Waals surface area (Å²) in [6.07, 6.45) is -0.495. The van der Waals surface area contributed by atoms with Gasteiger partial charge in [0.05, 0.1) is 23.1 Å². The Hall–Kier alpha value is -0.660. The van der Waals surface area contributed by atoms with Gasteiger partial charge in [0.15, 0.2) is 9.84 Å². The number of rotatable bonds is 3. The Bertz CT molecular complexity index is 515. The number of amides is 1. The number of morpholine rings is 1. The molecule has 2 rings (SSSR count). The van der Waals surface area contributed by atoms with Crippen LogP contribution in [0.5, 0.6) is 0 Å². The van der Waals surface area contributed by atoms with E-state index in [1.807, 2.05) is 0 Å². The molecule has 0 aromatic rings. The molecule has 2 aliphatic heterocycles. The first-order valence-corrected chi connectivity index (χ1v) is 9.08. The minimum absolute atomic E-state index is 0.0445. The molecule has 2 fully saturated rings. The fourth-order valence-electron chi connectivity index (χ4n) is 2.98. The molecule has 0 aliphatic carbocycles. The number of ether oxygens (including phenoxy) is 1. The van der Waals surface area contributed by atoms with Crippen LogP contribution in [0.2, 0.25) is 0 Å². The first kappa shape index (κ1) is 16.7. The van der Waals surface area contributed by atoms with Gasteiger partial charge < -0.3 is 9.64 Å². The van der Waals surface area contributed by atoms with Gasteiger partial charge in [-0.2, -0.15) is 0 Å². The smallest absolute Gasteiger partial charge is 0.253 e. The third-order valence-corrected chi connectivity index (χ3v) is 7.53. The van der Waals surface area contributed by atoms with Crippen LogP contribution in [-0.4, -0.2) is 79.6 Å². The number of sulfone groups is 1. The van der Waals surface area contributed by atoms with E-state index in [9.17, 15) is 13.2 Å². The standard InChI is InChI=1S/C14H26N2O4S/c1-10(2)16-6-7-20-11(8-16)13(17)15(5)12-9-21(18,19)14(12,3)4/h10-12H,6-9H2,1-5H3. The molecule has 0 aromatic heterocycles. The number of hydrogen-bond acceptors (Lipinski definition) is 5. The minimum atomic E-state index is -3.09. The summed E-state index contributed by atoms with van der Waals surface area (Å²) in [5.74, 6) is -0.0728. The molecule has 0 radical (unpaired) electrons. The van der Waals surface area contributed by atoms with Gasteiger partial charge in [0, 0.05) is 26.2 Å². The zero-order valence-electron chi connectivity index (χ0n) is 13.5. The average molecular weight is 318 g/mol. The third-order valence-electron chi connectivity index (χ3n) is 4.90.